The number of carbonyl (C=O) groups excluding carboxylic acids is 1. The van der Waals surface area contributed by atoms with Crippen molar-refractivity contribution in [2.75, 3.05) is 4.72 Å². The van der Waals surface area contributed by atoms with Crippen LogP contribution in [0, 0.1) is 0 Å². The van der Waals surface area contributed by atoms with Gasteiger partial charge in [-0.2, -0.15) is 5.10 Å². The maximum Gasteiger partial charge on any atom is 0.271 e. The van der Waals surface area contributed by atoms with Gasteiger partial charge in [0.1, 0.15) is 12.4 Å². The van der Waals surface area contributed by atoms with Crippen molar-refractivity contribution in [3.8, 4) is 5.75 Å². The molecule has 0 bridgehead atoms. The minimum Gasteiger partial charge on any atom is -0.488 e. The van der Waals surface area contributed by atoms with E-state index in [-0.39, 0.29) is 4.90 Å². The standard InChI is InChI=1S/C27H21Cl2N3O4S/c28-22-9-5-19(6-10-22)18-36-26-4-2-1-3-21(26)17-30-31-27(33)20-7-13-24(14-8-20)32-37(34,35)25-15-11-23(29)12-16-25/h1-17,32H,18H2,(H,31,33)/b30-17+. The summed E-state index contributed by atoms with van der Waals surface area (Å²) < 4.78 is 33.4. The molecule has 4 aromatic rings. The SMILES string of the molecule is O=C(N/N=C/c1ccccc1OCc1ccc(Cl)cc1)c1ccc(NS(=O)(=O)c2ccc(Cl)cc2)cc1. The number of rotatable bonds is 9. The maximum atomic E-state index is 12.5. The Kier molecular flexibility index (Phi) is 8.45. The van der Waals surface area contributed by atoms with E-state index < -0.39 is 15.9 Å². The highest BCUT2D eigenvalue weighted by atomic mass is 35.5. The number of ether oxygens (including phenoxy) is 1. The van der Waals surface area contributed by atoms with Gasteiger partial charge in [0.25, 0.3) is 15.9 Å². The normalized spacial score (nSPS) is 11.3. The summed E-state index contributed by atoms with van der Waals surface area (Å²) in [6.45, 7) is 0.350. The van der Waals surface area contributed by atoms with E-state index in [9.17, 15) is 13.2 Å². The van der Waals surface area contributed by atoms with E-state index in [1.807, 2.05) is 36.4 Å². The Morgan fingerprint density at radius 3 is 2.14 bits per heavy atom. The van der Waals surface area contributed by atoms with Gasteiger partial charge < -0.3 is 4.74 Å². The fourth-order valence-electron chi connectivity index (χ4n) is 3.20. The van der Waals surface area contributed by atoms with Crippen LogP contribution >= 0.6 is 23.2 Å². The smallest absolute Gasteiger partial charge is 0.271 e. The van der Waals surface area contributed by atoms with Gasteiger partial charge in [-0.05, 0) is 78.4 Å². The highest BCUT2D eigenvalue weighted by Gasteiger charge is 2.14. The average Bonchev–Trinajstić information content (AvgIpc) is 2.89. The molecule has 0 spiro atoms. The summed E-state index contributed by atoms with van der Waals surface area (Å²) in [6.07, 6.45) is 1.49. The third kappa shape index (κ3) is 7.33. The summed E-state index contributed by atoms with van der Waals surface area (Å²) >= 11 is 11.7. The Bertz CT molecular complexity index is 1510. The summed E-state index contributed by atoms with van der Waals surface area (Å²) in [5.41, 5.74) is 4.72. The Hall–Kier alpha value is -3.85. The van der Waals surface area contributed by atoms with Gasteiger partial charge in [0.05, 0.1) is 11.1 Å². The number of hydrogen-bond donors (Lipinski definition) is 2. The van der Waals surface area contributed by atoms with Crippen molar-refractivity contribution in [1.82, 2.24) is 5.43 Å². The first-order chi connectivity index (χ1) is 17.8. The van der Waals surface area contributed by atoms with Gasteiger partial charge >= 0.3 is 0 Å². The van der Waals surface area contributed by atoms with Gasteiger partial charge in [-0.25, -0.2) is 13.8 Å². The number of hydrogen-bond acceptors (Lipinski definition) is 5. The predicted molar refractivity (Wildman–Crippen MR) is 146 cm³/mol. The molecule has 0 fully saturated rings. The molecule has 0 saturated carbocycles. The number of halogens is 2. The zero-order valence-electron chi connectivity index (χ0n) is 19.3. The van der Waals surface area contributed by atoms with Crippen LogP contribution in [-0.4, -0.2) is 20.5 Å². The molecule has 0 radical (unpaired) electrons. The molecule has 0 aliphatic heterocycles. The zero-order chi connectivity index (χ0) is 26.3. The molecular formula is C27H21Cl2N3O4S. The molecule has 4 aromatic carbocycles. The molecule has 7 nitrogen and oxygen atoms in total. The first-order valence-electron chi connectivity index (χ1n) is 11.0. The largest absolute Gasteiger partial charge is 0.488 e. The van der Waals surface area contributed by atoms with Crippen LogP contribution in [0.3, 0.4) is 0 Å². The number of hydrazone groups is 1. The minimum atomic E-state index is -3.79. The van der Waals surface area contributed by atoms with Crippen molar-refractivity contribution in [3.05, 3.63) is 124 Å². The van der Waals surface area contributed by atoms with Crippen molar-refractivity contribution in [1.29, 1.82) is 0 Å². The van der Waals surface area contributed by atoms with Gasteiger partial charge in [0.2, 0.25) is 0 Å². The summed E-state index contributed by atoms with van der Waals surface area (Å²) in [5.74, 6) is 0.149. The molecular weight excluding hydrogens is 533 g/mol. The topological polar surface area (TPSA) is 96.9 Å². The quantitative estimate of drug-likeness (QED) is 0.192. The van der Waals surface area contributed by atoms with Crippen molar-refractivity contribution in [3.63, 3.8) is 0 Å². The molecule has 0 atom stereocenters. The molecule has 0 saturated heterocycles. The Balaban J connectivity index is 1.35. The number of nitrogens with one attached hydrogen (secondary N) is 2. The molecule has 0 aliphatic carbocycles. The van der Waals surface area contributed by atoms with Crippen molar-refractivity contribution in [2.24, 2.45) is 5.10 Å². The number of amides is 1. The molecule has 37 heavy (non-hydrogen) atoms. The summed E-state index contributed by atoms with van der Waals surface area (Å²) in [7, 11) is -3.79. The van der Waals surface area contributed by atoms with E-state index in [0.29, 0.717) is 39.2 Å². The van der Waals surface area contributed by atoms with Crippen molar-refractivity contribution < 1.29 is 17.9 Å². The average molecular weight is 554 g/mol. The minimum absolute atomic E-state index is 0.0745. The van der Waals surface area contributed by atoms with Gasteiger partial charge in [0, 0.05) is 26.9 Å². The first kappa shape index (κ1) is 26.2. The summed E-state index contributed by atoms with van der Waals surface area (Å²) in [5, 5.41) is 5.12. The molecule has 0 unspecified atom stereocenters. The second-order valence-corrected chi connectivity index (χ2v) is 10.3. The van der Waals surface area contributed by atoms with Crippen LogP contribution in [-0.2, 0) is 16.6 Å². The fourth-order valence-corrected chi connectivity index (χ4v) is 4.51. The van der Waals surface area contributed by atoms with Gasteiger partial charge in [-0.15, -0.1) is 0 Å². The monoisotopic (exact) mass is 553 g/mol. The van der Waals surface area contributed by atoms with Crippen LogP contribution in [0.5, 0.6) is 5.75 Å². The summed E-state index contributed by atoms with van der Waals surface area (Å²) in [6, 6.07) is 26.4. The second-order valence-electron chi connectivity index (χ2n) is 7.79. The lowest BCUT2D eigenvalue weighted by atomic mass is 10.2. The summed E-state index contributed by atoms with van der Waals surface area (Å²) in [4.78, 5) is 12.6. The first-order valence-corrected chi connectivity index (χ1v) is 13.2. The highest BCUT2D eigenvalue weighted by Crippen LogP contribution is 2.20. The third-order valence-electron chi connectivity index (χ3n) is 5.12. The lowest BCUT2D eigenvalue weighted by molar-refractivity contribution is 0.0955. The predicted octanol–water partition coefficient (Wildman–Crippen LogP) is 6.14. The molecule has 1 amide bonds. The zero-order valence-corrected chi connectivity index (χ0v) is 21.6. The Labute approximate surface area is 224 Å². The number of anilines is 1. The Morgan fingerprint density at radius 1 is 0.838 bits per heavy atom. The van der Waals surface area contributed by atoms with Crippen molar-refractivity contribution >= 4 is 51.0 Å². The molecule has 188 valence electrons. The molecule has 2 N–H and O–H groups in total. The van der Waals surface area contributed by atoms with Crippen LogP contribution in [0.25, 0.3) is 0 Å². The van der Waals surface area contributed by atoms with Crippen LogP contribution in [0.1, 0.15) is 21.5 Å². The molecule has 0 heterocycles. The molecule has 4 rings (SSSR count). The van der Waals surface area contributed by atoms with Crippen molar-refractivity contribution in [2.45, 2.75) is 11.5 Å². The highest BCUT2D eigenvalue weighted by molar-refractivity contribution is 7.92. The molecule has 0 aromatic heterocycles. The van der Waals surface area contributed by atoms with Crippen LogP contribution in [0.15, 0.2) is 107 Å². The third-order valence-corrected chi connectivity index (χ3v) is 7.02. The fraction of sp³-hybridized carbons (Fsp3) is 0.0370. The van der Waals surface area contributed by atoms with Gasteiger partial charge in [0.15, 0.2) is 0 Å². The number of sulfonamides is 1. The number of benzene rings is 4. The van der Waals surface area contributed by atoms with E-state index in [4.69, 9.17) is 27.9 Å². The van der Waals surface area contributed by atoms with E-state index in [1.54, 1.807) is 12.1 Å². The van der Waals surface area contributed by atoms with Crippen LogP contribution in [0.2, 0.25) is 10.0 Å². The lowest BCUT2D eigenvalue weighted by Gasteiger charge is -2.09. The van der Waals surface area contributed by atoms with E-state index in [0.717, 1.165) is 5.56 Å². The number of nitrogens with zero attached hydrogens (tertiary/aromatic N) is 1. The van der Waals surface area contributed by atoms with Crippen LogP contribution < -0.4 is 14.9 Å². The second kappa shape index (κ2) is 11.9. The number of para-hydroxylation sites is 1. The van der Waals surface area contributed by atoms with Gasteiger partial charge in [-0.1, -0.05) is 47.5 Å². The van der Waals surface area contributed by atoms with Crippen LogP contribution in [0.4, 0.5) is 5.69 Å². The molecule has 10 heteroatoms. The van der Waals surface area contributed by atoms with E-state index in [1.165, 1.54) is 54.7 Å². The lowest BCUT2D eigenvalue weighted by Crippen LogP contribution is -2.18. The maximum absolute atomic E-state index is 12.5. The number of carbonyl (C=O) groups is 1. The Morgan fingerprint density at radius 2 is 1.46 bits per heavy atom. The van der Waals surface area contributed by atoms with E-state index >= 15 is 0 Å². The van der Waals surface area contributed by atoms with E-state index in [2.05, 4.69) is 15.2 Å². The van der Waals surface area contributed by atoms with Gasteiger partial charge in [-0.3, -0.25) is 9.52 Å². The molecule has 0 aliphatic rings.